The van der Waals surface area contributed by atoms with Crippen LogP contribution in [0.2, 0.25) is 0 Å². The molecule has 2 unspecified atom stereocenters. The van der Waals surface area contributed by atoms with Crippen molar-refractivity contribution in [1.82, 2.24) is 0 Å². The molecular formula is C16H24N2O2. The number of ether oxygens (including phenoxy) is 1. The number of carbonyl (C=O) groups excluding carboxylic acids is 1. The van der Waals surface area contributed by atoms with Crippen LogP contribution >= 0.6 is 0 Å². The molecular weight excluding hydrogens is 252 g/mol. The van der Waals surface area contributed by atoms with Gasteiger partial charge in [-0.15, -0.1) is 0 Å². The van der Waals surface area contributed by atoms with Gasteiger partial charge in [0.2, 0.25) is 0 Å². The normalized spacial score (nSPS) is 22.2. The molecule has 0 spiro atoms. The van der Waals surface area contributed by atoms with E-state index < -0.39 is 5.91 Å². The fraction of sp³-hybridized carbons (Fsp3) is 0.562. The minimum Gasteiger partial charge on any atom is -0.484 e. The number of benzene rings is 1. The highest BCUT2D eigenvalue weighted by Gasteiger charge is 2.23. The van der Waals surface area contributed by atoms with Crippen LogP contribution in [0.1, 0.15) is 39.0 Å². The fourth-order valence-corrected chi connectivity index (χ4v) is 2.90. The molecule has 0 aliphatic heterocycles. The first kappa shape index (κ1) is 14.7. The molecule has 20 heavy (non-hydrogen) atoms. The summed E-state index contributed by atoms with van der Waals surface area (Å²) in [5, 5.41) is 3.63. The van der Waals surface area contributed by atoms with Gasteiger partial charge in [0.05, 0.1) is 0 Å². The molecule has 0 aromatic heterocycles. The van der Waals surface area contributed by atoms with Crippen molar-refractivity contribution >= 4 is 11.6 Å². The van der Waals surface area contributed by atoms with Crippen LogP contribution < -0.4 is 15.8 Å². The van der Waals surface area contributed by atoms with Crippen molar-refractivity contribution in [1.29, 1.82) is 0 Å². The van der Waals surface area contributed by atoms with Crippen LogP contribution in [0.4, 0.5) is 5.69 Å². The fourth-order valence-electron chi connectivity index (χ4n) is 2.90. The van der Waals surface area contributed by atoms with Crippen LogP contribution in [0.3, 0.4) is 0 Å². The van der Waals surface area contributed by atoms with Crippen molar-refractivity contribution in [2.75, 3.05) is 11.9 Å². The number of hydrogen-bond acceptors (Lipinski definition) is 3. The summed E-state index contributed by atoms with van der Waals surface area (Å²) in [4.78, 5) is 10.7. The third-order valence-electron chi connectivity index (χ3n) is 4.02. The first-order valence-electron chi connectivity index (χ1n) is 7.46. The number of primary amides is 1. The van der Waals surface area contributed by atoms with E-state index in [1.54, 1.807) is 0 Å². The average molecular weight is 276 g/mol. The van der Waals surface area contributed by atoms with E-state index in [0.717, 1.165) is 11.6 Å². The summed E-state index contributed by atoms with van der Waals surface area (Å²) in [5.74, 6) is 0.986. The van der Waals surface area contributed by atoms with Gasteiger partial charge >= 0.3 is 0 Å². The van der Waals surface area contributed by atoms with Crippen molar-refractivity contribution < 1.29 is 9.53 Å². The summed E-state index contributed by atoms with van der Waals surface area (Å²) < 4.78 is 5.25. The maximum Gasteiger partial charge on any atom is 0.255 e. The Morgan fingerprint density at radius 3 is 2.65 bits per heavy atom. The number of hydrogen-bond donors (Lipinski definition) is 2. The minimum atomic E-state index is -0.458. The minimum absolute atomic E-state index is 0.0761. The lowest BCUT2D eigenvalue weighted by molar-refractivity contribution is -0.119. The molecule has 0 saturated heterocycles. The maximum absolute atomic E-state index is 10.7. The lowest BCUT2D eigenvalue weighted by atomic mass is 9.83. The maximum atomic E-state index is 10.7. The Morgan fingerprint density at radius 1 is 1.30 bits per heavy atom. The van der Waals surface area contributed by atoms with Gasteiger partial charge in [-0.3, -0.25) is 4.79 Å². The third-order valence-corrected chi connectivity index (χ3v) is 4.02. The zero-order chi connectivity index (χ0) is 14.4. The van der Waals surface area contributed by atoms with Gasteiger partial charge in [0.25, 0.3) is 5.91 Å². The topological polar surface area (TPSA) is 64.3 Å². The van der Waals surface area contributed by atoms with E-state index in [0.29, 0.717) is 11.8 Å². The predicted octanol–water partition coefficient (Wildman–Crippen LogP) is 2.93. The van der Waals surface area contributed by atoms with Gasteiger partial charge in [-0.25, -0.2) is 0 Å². The molecule has 4 heteroatoms. The molecule has 1 amide bonds. The van der Waals surface area contributed by atoms with E-state index in [4.69, 9.17) is 10.5 Å². The SMILES string of the molecule is CCC1CCCCC1Nc1ccc(OCC(N)=O)cc1. The second-order valence-corrected chi connectivity index (χ2v) is 5.48. The number of rotatable bonds is 6. The zero-order valence-corrected chi connectivity index (χ0v) is 12.1. The van der Waals surface area contributed by atoms with Crippen molar-refractivity contribution in [3.63, 3.8) is 0 Å². The Kier molecular flexibility index (Phi) is 5.27. The summed E-state index contributed by atoms with van der Waals surface area (Å²) >= 11 is 0. The van der Waals surface area contributed by atoms with Gasteiger partial charge in [0, 0.05) is 11.7 Å². The largest absolute Gasteiger partial charge is 0.484 e. The van der Waals surface area contributed by atoms with Crippen LogP contribution in [-0.4, -0.2) is 18.6 Å². The van der Waals surface area contributed by atoms with Crippen molar-refractivity contribution in [2.24, 2.45) is 11.7 Å². The molecule has 1 aromatic rings. The smallest absolute Gasteiger partial charge is 0.255 e. The molecule has 110 valence electrons. The molecule has 1 aliphatic carbocycles. The van der Waals surface area contributed by atoms with Crippen LogP contribution in [-0.2, 0) is 4.79 Å². The molecule has 2 atom stereocenters. The van der Waals surface area contributed by atoms with Crippen molar-refractivity contribution in [3.8, 4) is 5.75 Å². The molecule has 4 nitrogen and oxygen atoms in total. The Labute approximate surface area is 120 Å². The molecule has 1 aromatic carbocycles. The van der Waals surface area contributed by atoms with Gasteiger partial charge in [-0.05, 0) is 43.0 Å². The van der Waals surface area contributed by atoms with Crippen LogP contribution in [0.5, 0.6) is 5.75 Å². The number of carbonyl (C=O) groups is 1. The lowest BCUT2D eigenvalue weighted by Gasteiger charge is -2.32. The lowest BCUT2D eigenvalue weighted by Crippen LogP contribution is -2.31. The summed E-state index contributed by atoms with van der Waals surface area (Å²) in [5.41, 5.74) is 6.16. The molecule has 3 N–H and O–H groups in total. The second-order valence-electron chi connectivity index (χ2n) is 5.48. The number of anilines is 1. The van der Waals surface area contributed by atoms with E-state index in [1.807, 2.05) is 24.3 Å². The summed E-state index contributed by atoms with van der Waals surface area (Å²) in [7, 11) is 0. The highest BCUT2D eigenvalue weighted by atomic mass is 16.5. The van der Waals surface area contributed by atoms with Gasteiger partial charge in [-0.2, -0.15) is 0 Å². The van der Waals surface area contributed by atoms with Crippen LogP contribution in [0, 0.1) is 5.92 Å². The summed E-state index contributed by atoms with van der Waals surface area (Å²) in [6.07, 6.45) is 6.48. The Morgan fingerprint density at radius 2 is 2.00 bits per heavy atom. The monoisotopic (exact) mass is 276 g/mol. The summed E-state index contributed by atoms with van der Waals surface area (Å²) in [6, 6.07) is 8.31. The Balaban J connectivity index is 1.90. The van der Waals surface area contributed by atoms with E-state index in [9.17, 15) is 4.79 Å². The molecule has 1 fully saturated rings. The van der Waals surface area contributed by atoms with Crippen LogP contribution in [0.25, 0.3) is 0 Å². The van der Waals surface area contributed by atoms with E-state index in [1.165, 1.54) is 32.1 Å². The van der Waals surface area contributed by atoms with E-state index in [-0.39, 0.29) is 6.61 Å². The van der Waals surface area contributed by atoms with Gasteiger partial charge in [0.15, 0.2) is 6.61 Å². The molecule has 1 aliphatic rings. The first-order chi connectivity index (χ1) is 9.69. The van der Waals surface area contributed by atoms with E-state index in [2.05, 4.69) is 12.2 Å². The first-order valence-corrected chi connectivity index (χ1v) is 7.46. The highest BCUT2D eigenvalue weighted by molar-refractivity contribution is 5.75. The molecule has 2 rings (SSSR count). The average Bonchev–Trinajstić information content (AvgIpc) is 2.47. The number of amides is 1. The Hall–Kier alpha value is -1.71. The van der Waals surface area contributed by atoms with Gasteiger partial charge in [-0.1, -0.05) is 26.2 Å². The quantitative estimate of drug-likeness (QED) is 0.839. The van der Waals surface area contributed by atoms with Crippen LogP contribution in [0.15, 0.2) is 24.3 Å². The third kappa shape index (κ3) is 4.15. The Bertz CT molecular complexity index is 431. The number of nitrogens with one attached hydrogen (secondary N) is 1. The second kappa shape index (κ2) is 7.17. The standard InChI is InChI=1S/C16H24N2O2/c1-2-12-5-3-4-6-15(12)18-13-7-9-14(10-8-13)20-11-16(17)19/h7-10,12,15,18H,2-6,11H2,1H3,(H2,17,19). The predicted molar refractivity (Wildman–Crippen MR) is 80.8 cm³/mol. The summed E-state index contributed by atoms with van der Waals surface area (Å²) in [6.45, 7) is 2.19. The van der Waals surface area contributed by atoms with Gasteiger partial charge < -0.3 is 15.8 Å². The molecule has 0 radical (unpaired) electrons. The van der Waals surface area contributed by atoms with Crippen molar-refractivity contribution in [3.05, 3.63) is 24.3 Å². The molecule has 0 bridgehead atoms. The molecule has 1 saturated carbocycles. The zero-order valence-electron chi connectivity index (χ0n) is 12.1. The van der Waals surface area contributed by atoms with E-state index >= 15 is 0 Å². The molecule has 0 heterocycles. The van der Waals surface area contributed by atoms with Gasteiger partial charge in [0.1, 0.15) is 5.75 Å². The highest BCUT2D eigenvalue weighted by Crippen LogP contribution is 2.29. The van der Waals surface area contributed by atoms with Crippen molar-refractivity contribution in [2.45, 2.75) is 45.1 Å². The number of nitrogens with two attached hydrogens (primary N) is 1.